The molecule has 328 valence electrons. The minimum Gasteiger partial charge on any atom is -0.345 e. The number of rotatable bonds is 10. The van der Waals surface area contributed by atoms with Gasteiger partial charge in [-0.15, -0.1) is 22.7 Å². The summed E-state index contributed by atoms with van der Waals surface area (Å²) in [6.45, 7) is 6.19. The second kappa shape index (κ2) is 19.3. The number of hydrogen-bond acceptors (Lipinski definition) is 10. The van der Waals surface area contributed by atoms with Crippen molar-refractivity contribution < 1.29 is 34.4 Å². The van der Waals surface area contributed by atoms with E-state index in [9.17, 15) is 34.4 Å². The summed E-state index contributed by atoms with van der Waals surface area (Å²) in [6.07, 6.45) is 1.30. The monoisotopic (exact) mass is 966 g/mol. The zero-order valence-electron chi connectivity index (χ0n) is 33.4. The number of aryl methyl sites for hydroxylation is 2. The summed E-state index contributed by atoms with van der Waals surface area (Å²) in [5.74, 6) is -4.32. The molecule has 0 aliphatic carbocycles. The third kappa shape index (κ3) is 10.6. The molecule has 4 heterocycles. The van der Waals surface area contributed by atoms with Gasteiger partial charge in [0.05, 0.1) is 11.4 Å². The lowest BCUT2D eigenvalue weighted by molar-refractivity contribution is 0.378. The summed E-state index contributed by atoms with van der Waals surface area (Å²) in [5.41, 5.74) is 6.40. The first-order valence-corrected chi connectivity index (χ1v) is 24.7. The maximum absolute atomic E-state index is 14.0. The largest absolute Gasteiger partial charge is 0.345 e. The van der Waals surface area contributed by atoms with Gasteiger partial charge in [0, 0.05) is 86.0 Å². The van der Waals surface area contributed by atoms with Crippen molar-refractivity contribution in [2.24, 2.45) is 0 Å². The lowest BCUT2D eigenvalue weighted by Crippen LogP contribution is -2.49. The Morgan fingerprint density at radius 2 is 0.903 bits per heavy atom. The van der Waals surface area contributed by atoms with E-state index in [-0.39, 0.29) is 26.2 Å². The summed E-state index contributed by atoms with van der Waals surface area (Å²) in [6, 6.07) is 17.9. The van der Waals surface area contributed by atoms with Crippen LogP contribution in [-0.4, -0.2) is 87.8 Å². The maximum Gasteiger partial charge on any atom is 0.249 e. The number of thiazole rings is 2. The molecule has 0 amide bonds. The fourth-order valence-electron chi connectivity index (χ4n) is 7.30. The SMILES string of the molecule is Cc1cc(C)cc(Cc2csc(N3CCN(S(=O)(=O)c4c(F)cccc4F)CC3)n2)c1.O=S(=O)(c1c(F)cccc1F)N1CCN(c2nc(Cc3cc(Cl)cc(Cl)c3)cs2)CC1. The Labute approximate surface area is 376 Å². The minimum atomic E-state index is -4.26. The Kier molecular flexibility index (Phi) is 14.3. The smallest absolute Gasteiger partial charge is 0.249 e. The van der Waals surface area contributed by atoms with Gasteiger partial charge in [-0.2, -0.15) is 8.61 Å². The highest BCUT2D eigenvalue weighted by atomic mass is 35.5. The molecule has 0 saturated carbocycles. The van der Waals surface area contributed by atoms with Crippen LogP contribution in [0.3, 0.4) is 0 Å². The third-order valence-electron chi connectivity index (χ3n) is 10.1. The summed E-state index contributed by atoms with van der Waals surface area (Å²) >= 11 is 15.1. The number of aromatic nitrogens is 2. The zero-order valence-corrected chi connectivity index (χ0v) is 38.1. The molecule has 2 aliphatic rings. The number of piperazine rings is 2. The predicted molar refractivity (Wildman–Crippen MR) is 237 cm³/mol. The van der Waals surface area contributed by atoms with E-state index in [1.165, 1.54) is 39.4 Å². The van der Waals surface area contributed by atoms with Crippen molar-refractivity contribution in [2.45, 2.75) is 36.5 Å². The van der Waals surface area contributed by atoms with Gasteiger partial charge in [-0.05, 0) is 67.4 Å². The van der Waals surface area contributed by atoms with E-state index in [0.717, 1.165) is 78.6 Å². The van der Waals surface area contributed by atoms with E-state index < -0.39 is 53.1 Å². The van der Waals surface area contributed by atoms with E-state index in [4.69, 9.17) is 28.2 Å². The second-order valence-corrected chi connectivity index (χ2v) is 21.0. The molecule has 4 aromatic carbocycles. The summed E-state index contributed by atoms with van der Waals surface area (Å²) in [7, 11) is -8.49. The number of anilines is 2. The van der Waals surface area contributed by atoms with Crippen LogP contribution in [0.4, 0.5) is 27.8 Å². The van der Waals surface area contributed by atoms with Crippen LogP contribution in [0.5, 0.6) is 0 Å². The Balaban J connectivity index is 0.000000186. The van der Waals surface area contributed by atoms with E-state index in [0.29, 0.717) is 42.6 Å². The Morgan fingerprint density at radius 1 is 0.548 bits per heavy atom. The van der Waals surface area contributed by atoms with Gasteiger partial charge in [-0.25, -0.2) is 44.4 Å². The van der Waals surface area contributed by atoms with Crippen LogP contribution >= 0.6 is 45.9 Å². The van der Waals surface area contributed by atoms with Gasteiger partial charge in [0.2, 0.25) is 20.0 Å². The van der Waals surface area contributed by atoms with Gasteiger partial charge in [-0.3, -0.25) is 0 Å². The average Bonchev–Trinajstić information content (AvgIpc) is 3.87. The van der Waals surface area contributed by atoms with Crippen molar-refractivity contribution in [1.29, 1.82) is 0 Å². The van der Waals surface area contributed by atoms with Gasteiger partial charge >= 0.3 is 0 Å². The normalized spacial score (nSPS) is 15.4. The van der Waals surface area contributed by atoms with Crippen LogP contribution in [0.15, 0.2) is 93.3 Å². The molecule has 2 aromatic heterocycles. The maximum atomic E-state index is 14.0. The first kappa shape index (κ1) is 45.9. The lowest BCUT2D eigenvalue weighted by Gasteiger charge is -2.33. The molecule has 0 N–H and O–H groups in total. The molecule has 0 spiro atoms. The third-order valence-corrected chi connectivity index (χ3v) is 16.3. The molecular weight excluding hydrogens is 928 g/mol. The number of benzene rings is 4. The highest BCUT2D eigenvalue weighted by molar-refractivity contribution is 7.89. The molecule has 0 bridgehead atoms. The second-order valence-electron chi connectivity index (χ2n) is 14.8. The van der Waals surface area contributed by atoms with Crippen LogP contribution in [0.25, 0.3) is 0 Å². The first-order valence-electron chi connectivity index (χ1n) is 19.3. The van der Waals surface area contributed by atoms with Gasteiger partial charge in [0.1, 0.15) is 23.3 Å². The van der Waals surface area contributed by atoms with Crippen molar-refractivity contribution in [3.8, 4) is 0 Å². The lowest BCUT2D eigenvalue weighted by atomic mass is 10.0. The van der Waals surface area contributed by atoms with E-state index in [2.05, 4.69) is 37.0 Å². The quantitative estimate of drug-likeness (QED) is 0.125. The number of nitrogens with zero attached hydrogens (tertiary/aromatic N) is 6. The molecule has 8 rings (SSSR count). The first-order chi connectivity index (χ1) is 29.5. The van der Waals surface area contributed by atoms with Gasteiger partial charge < -0.3 is 9.80 Å². The highest BCUT2D eigenvalue weighted by Crippen LogP contribution is 2.30. The molecule has 20 heteroatoms. The predicted octanol–water partition coefficient (Wildman–Crippen LogP) is 8.97. The topological polar surface area (TPSA) is 107 Å². The fourth-order valence-corrected chi connectivity index (χ4v) is 12.7. The molecular formula is C42H40Cl2F4N6O4S4. The number of hydrogen-bond donors (Lipinski definition) is 0. The molecule has 62 heavy (non-hydrogen) atoms. The van der Waals surface area contributed by atoms with Crippen LogP contribution in [-0.2, 0) is 32.9 Å². The van der Waals surface area contributed by atoms with Gasteiger partial charge in [-0.1, -0.05) is 64.7 Å². The van der Waals surface area contributed by atoms with Gasteiger partial charge in [0.25, 0.3) is 0 Å². The highest BCUT2D eigenvalue weighted by Gasteiger charge is 2.35. The Morgan fingerprint density at radius 3 is 1.27 bits per heavy atom. The number of sulfonamides is 2. The summed E-state index contributed by atoms with van der Waals surface area (Å²) < 4.78 is 109. The molecule has 0 unspecified atom stereocenters. The molecule has 0 atom stereocenters. The molecule has 6 aromatic rings. The van der Waals surface area contributed by atoms with Crippen molar-refractivity contribution in [2.75, 3.05) is 62.2 Å². The summed E-state index contributed by atoms with van der Waals surface area (Å²) in [5, 5.41) is 6.65. The molecule has 0 radical (unpaired) electrons. The minimum absolute atomic E-state index is 0.106. The standard InChI is InChI=1S/C22H23F2N3O2S2.C20H17Cl2F2N3O2S2/c1-15-10-16(2)12-17(11-15)13-18-14-30-22(25-18)26-6-8-27(9-7-26)31(28,29)21-19(23)4-3-5-20(21)24;21-14-8-13(9-15(22)11-14)10-16-12-30-20(25-16)26-4-6-27(7-5-26)31(28,29)19-17(23)2-1-3-18(19)24/h3-5,10-12,14H,6-9,13H2,1-2H3;1-3,8-9,11-12H,4-7,10H2. The molecule has 2 aliphatic heterocycles. The fraction of sp³-hybridized carbons (Fsp3) is 0.286. The van der Waals surface area contributed by atoms with Crippen LogP contribution in [0.1, 0.15) is 33.6 Å². The van der Waals surface area contributed by atoms with E-state index in [1.54, 1.807) is 6.07 Å². The average molecular weight is 968 g/mol. The van der Waals surface area contributed by atoms with Crippen molar-refractivity contribution in [1.82, 2.24) is 18.6 Å². The molecule has 10 nitrogen and oxygen atoms in total. The van der Waals surface area contributed by atoms with E-state index in [1.807, 2.05) is 32.7 Å². The van der Waals surface area contributed by atoms with Crippen LogP contribution in [0.2, 0.25) is 10.0 Å². The Bertz CT molecular complexity index is 2530. The van der Waals surface area contributed by atoms with Crippen LogP contribution in [0, 0.1) is 37.1 Å². The van der Waals surface area contributed by atoms with Crippen molar-refractivity contribution in [3.63, 3.8) is 0 Å². The number of halogens is 6. The Hall–Kier alpha value is -4.14. The zero-order chi connectivity index (χ0) is 44.3. The van der Waals surface area contributed by atoms with Crippen LogP contribution < -0.4 is 9.80 Å². The van der Waals surface area contributed by atoms with Gasteiger partial charge in [0.15, 0.2) is 20.1 Å². The van der Waals surface area contributed by atoms with E-state index >= 15 is 0 Å². The van der Waals surface area contributed by atoms with Crippen molar-refractivity contribution in [3.05, 3.63) is 151 Å². The summed E-state index contributed by atoms with van der Waals surface area (Å²) in [4.78, 5) is 11.5. The van der Waals surface area contributed by atoms with Crippen molar-refractivity contribution >= 4 is 76.2 Å². The molecule has 2 fully saturated rings. The molecule has 2 saturated heterocycles.